The molecule has 3 heteroatoms. The van der Waals surface area contributed by atoms with Crippen molar-refractivity contribution in [2.75, 3.05) is 4.90 Å². The molecule has 11 rings (SSSR count). The maximum atomic E-state index is 6.87. The van der Waals surface area contributed by atoms with Gasteiger partial charge in [-0.1, -0.05) is 146 Å². The average Bonchev–Trinajstić information content (AvgIpc) is 3.85. The number of furan rings is 1. The molecule has 0 unspecified atom stereocenters. The van der Waals surface area contributed by atoms with Gasteiger partial charge in [-0.25, -0.2) is 0 Å². The first-order valence-corrected chi connectivity index (χ1v) is 19.8. The Kier molecular flexibility index (Phi) is 8.04. The Bertz CT molecular complexity index is 3210. The van der Waals surface area contributed by atoms with Crippen molar-refractivity contribution in [1.29, 1.82) is 0 Å². The quantitative estimate of drug-likeness (QED) is 0.162. The second kappa shape index (κ2) is 13.8. The molecule has 0 radical (unpaired) electrons. The largest absolute Gasteiger partial charge is 0.455 e. The van der Waals surface area contributed by atoms with Crippen molar-refractivity contribution >= 4 is 60.8 Å². The van der Waals surface area contributed by atoms with E-state index in [-0.39, 0.29) is 0 Å². The molecule has 0 amide bonds. The highest BCUT2D eigenvalue weighted by atomic mass is 16.3. The van der Waals surface area contributed by atoms with Crippen molar-refractivity contribution < 1.29 is 4.42 Å². The van der Waals surface area contributed by atoms with Gasteiger partial charge in [-0.15, -0.1) is 0 Å². The monoisotopic (exact) mass is 742 g/mol. The summed E-state index contributed by atoms with van der Waals surface area (Å²) in [5.41, 5.74) is 16.6. The third-order valence-electron chi connectivity index (χ3n) is 11.5. The molecule has 0 aliphatic rings. The molecule has 0 saturated carbocycles. The van der Waals surface area contributed by atoms with E-state index in [9.17, 15) is 0 Å². The average molecular weight is 743 g/mol. The fraction of sp³-hybridized carbons (Fsp3) is 0.0182. The summed E-state index contributed by atoms with van der Waals surface area (Å²) >= 11 is 0. The number of fused-ring (bicyclic) bond motifs is 6. The lowest BCUT2D eigenvalue weighted by atomic mass is 9.98. The molecule has 0 spiro atoms. The van der Waals surface area contributed by atoms with Gasteiger partial charge < -0.3 is 13.9 Å². The summed E-state index contributed by atoms with van der Waals surface area (Å²) in [6.45, 7) is 2.21. The number of hydrogen-bond acceptors (Lipinski definition) is 2. The van der Waals surface area contributed by atoms with Crippen LogP contribution in [0.5, 0.6) is 0 Å². The molecule has 2 aromatic heterocycles. The number of hydrogen-bond donors (Lipinski definition) is 0. The summed E-state index contributed by atoms with van der Waals surface area (Å²) in [6, 6.07) is 76.0. The fourth-order valence-corrected chi connectivity index (χ4v) is 8.77. The van der Waals surface area contributed by atoms with Crippen LogP contribution in [0.4, 0.5) is 17.1 Å². The van der Waals surface area contributed by atoms with E-state index in [0.717, 1.165) is 55.8 Å². The van der Waals surface area contributed by atoms with Crippen molar-refractivity contribution in [2.45, 2.75) is 6.92 Å². The van der Waals surface area contributed by atoms with Crippen LogP contribution in [0.15, 0.2) is 217 Å². The molecular formula is C55H38N2O. The zero-order valence-electron chi connectivity index (χ0n) is 32.0. The molecule has 0 saturated heterocycles. The highest BCUT2D eigenvalue weighted by Crippen LogP contribution is 2.47. The smallest absolute Gasteiger partial charge is 0.145 e. The first kappa shape index (κ1) is 33.7. The number of anilines is 3. The predicted octanol–water partition coefficient (Wildman–Crippen LogP) is 15.5. The number of aromatic nitrogens is 1. The Morgan fingerprint density at radius 2 is 0.931 bits per heavy atom. The Labute approximate surface area is 337 Å². The van der Waals surface area contributed by atoms with Gasteiger partial charge in [0.05, 0.1) is 22.1 Å². The van der Waals surface area contributed by atoms with Crippen molar-refractivity contribution in [1.82, 2.24) is 4.57 Å². The van der Waals surface area contributed by atoms with Gasteiger partial charge in [0, 0.05) is 38.8 Å². The van der Waals surface area contributed by atoms with E-state index >= 15 is 0 Å². The number of aryl methyl sites for hydroxylation is 1. The van der Waals surface area contributed by atoms with Gasteiger partial charge in [0.1, 0.15) is 11.2 Å². The molecule has 2 heterocycles. The molecule has 0 bridgehead atoms. The van der Waals surface area contributed by atoms with Gasteiger partial charge in [0.2, 0.25) is 0 Å². The first-order chi connectivity index (χ1) is 28.7. The minimum Gasteiger partial charge on any atom is -0.455 e. The SMILES string of the molecule is Cc1cc(-c2ccccc2)ccc1N(c1ccc(-c2ccccc2)cc1)c1ccc(-c2ccc(-n3c4ccccc4c4ccccc43)cc2)c2oc3ccccc3c12. The van der Waals surface area contributed by atoms with E-state index in [1.807, 2.05) is 0 Å². The van der Waals surface area contributed by atoms with E-state index in [2.05, 4.69) is 229 Å². The number of benzene rings is 9. The van der Waals surface area contributed by atoms with E-state index in [4.69, 9.17) is 4.42 Å². The minimum absolute atomic E-state index is 0.864. The highest BCUT2D eigenvalue weighted by Gasteiger charge is 2.23. The Balaban J connectivity index is 1.08. The van der Waals surface area contributed by atoms with Crippen LogP contribution >= 0.6 is 0 Å². The van der Waals surface area contributed by atoms with Crippen LogP contribution in [0.2, 0.25) is 0 Å². The molecule has 274 valence electrons. The number of para-hydroxylation sites is 3. The summed E-state index contributed by atoms with van der Waals surface area (Å²) in [6.07, 6.45) is 0. The molecule has 0 aliphatic carbocycles. The first-order valence-electron chi connectivity index (χ1n) is 19.8. The number of rotatable bonds is 7. The van der Waals surface area contributed by atoms with E-state index in [1.165, 1.54) is 49.6 Å². The second-order valence-electron chi connectivity index (χ2n) is 15.0. The van der Waals surface area contributed by atoms with Gasteiger partial charge in [-0.2, -0.15) is 0 Å². The number of nitrogens with zero attached hydrogens (tertiary/aromatic N) is 2. The van der Waals surface area contributed by atoms with E-state index < -0.39 is 0 Å². The van der Waals surface area contributed by atoms with Crippen LogP contribution in [0.1, 0.15) is 5.56 Å². The summed E-state index contributed by atoms with van der Waals surface area (Å²) in [5.74, 6) is 0. The molecule has 11 aromatic rings. The Hall–Kier alpha value is -7.62. The molecular weight excluding hydrogens is 705 g/mol. The predicted molar refractivity (Wildman–Crippen MR) is 244 cm³/mol. The van der Waals surface area contributed by atoms with Crippen molar-refractivity contribution in [3.05, 3.63) is 218 Å². The van der Waals surface area contributed by atoms with Crippen molar-refractivity contribution in [3.63, 3.8) is 0 Å². The molecule has 0 atom stereocenters. The molecule has 9 aromatic carbocycles. The zero-order valence-corrected chi connectivity index (χ0v) is 32.0. The maximum absolute atomic E-state index is 6.87. The van der Waals surface area contributed by atoms with Gasteiger partial charge in [-0.05, 0) is 107 Å². The maximum Gasteiger partial charge on any atom is 0.145 e. The molecule has 3 nitrogen and oxygen atoms in total. The summed E-state index contributed by atoms with van der Waals surface area (Å²) in [7, 11) is 0. The standard InChI is InChI=1S/C55H38N2O/c1-37-36-42(39-16-6-3-7-17-39)28-34-49(37)56(43-29-24-40(25-30-43)38-14-4-2-5-15-38)52-35-33-45(55-54(52)48-20-10-13-23-53(48)58-55)41-26-31-44(32-27-41)57-50-21-11-8-18-46(50)47-19-9-12-22-51(47)57/h2-36H,1H3. The lowest BCUT2D eigenvalue weighted by Crippen LogP contribution is -2.12. The van der Waals surface area contributed by atoms with Gasteiger partial charge >= 0.3 is 0 Å². The van der Waals surface area contributed by atoms with E-state index in [1.54, 1.807) is 0 Å². The zero-order chi connectivity index (χ0) is 38.6. The van der Waals surface area contributed by atoms with Crippen LogP contribution in [0.25, 0.3) is 82.8 Å². The lowest BCUT2D eigenvalue weighted by molar-refractivity contribution is 0.670. The third-order valence-corrected chi connectivity index (χ3v) is 11.5. The molecule has 0 N–H and O–H groups in total. The van der Waals surface area contributed by atoms with Gasteiger partial charge in [-0.3, -0.25) is 0 Å². The van der Waals surface area contributed by atoms with Gasteiger partial charge in [0.15, 0.2) is 0 Å². The van der Waals surface area contributed by atoms with Gasteiger partial charge in [0.25, 0.3) is 0 Å². The Morgan fingerprint density at radius 3 is 1.59 bits per heavy atom. The molecule has 58 heavy (non-hydrogen) atoms. The molecule has 0 aliphatic heterocycles. The van der Waals surface area contributed by atoms with Crippen LogP contribution in [-0.2, 0) is 0 Å². The van der Waals surface area contributed by atoms with Crippen molar-refractivity contribution in [2.24, 2.45) is 0 Å². The Morgan fingerprint density at radius 1 is 0.414 bits per heavy atom. The topological polar surface area (TPSA) is 21.3 Å². The normalized spacial score (nSPS) is 11.5. The van der Waals surface area contributed by atoms with E-state index in [0.29, 0.717) is 0 Å². The van der Waals surface area contributed by atoms with Crippen LogP contribution in [0.3, 0.4) is 0 Å². The van der Waals surface area contributed by atoms with Crippen LogP contribution in [-0.4, -0.2) is 4.57 Å². The summed E-state index contributed by atoms with van der Waals surface area (Å²) < 4.78 is 9.23. The second-order valence-corrected chi connectivity index (χ2v) is 15.0. The summed E-state index contributed by atoms with van der Waals surface area (Å²) in [5, 5.41) is 4.68. The van der Waals surface area contributed by atoms with Crippen LogP contribution in [0, 0.1) is 6.92 Å². The fourth-order valence-electron chi connectivity index (χ4n) is 8.77. The minimum atomic E-state index is 0.864. The molecule has 0 fully saturated rings. The third kappa shape index (κ3) is 5.59. The lowest BCUT2D eigenvalue weighted by Gasteiger charge is -2.28. The highest BCUT2D eigenvalue weighted by molar-refractivity contribution is 6.17. The summed E-state index contributed by atoms with van der Waals surface area (Å²) in [4.78, 5) is 2.40. The van der Waals surface area contributed by atoms with Crippen molar-refractivity contribution in [3.8, 4) is 39.1 Å². The van der Waals surface area contributed by atoms with Crippen LogP contribution < -0.4 is 4.90 Å².